The van der Waals surface area contributed by atoms with Crippen molar-refractivity contribution in [2.24, 2.45) is 0 Å². The number of carbonyl (C=O) groups is 2. The Labute approximate surface area is 153 Å². The first-order valence-corrected chi connectivity index (χ1v) is 8.76. The van der Waals surface area contributed by atoms with Crippen molar-refractivity contribution in [3.8, 4) is 0 Å². The van der Waals surface area contributed by atoms with E-state index in [9.17, 15) is 9.59 Å². The number of carbonyl (C=O) groups excluding carboxylic acids is 2. The summed E-state index contributed by atoms with van der Waals surface area (Å²) in [5.74, 6) is -0.0483. The van der Waals surface area contributed by atoms with Crippen LogP contribution in [0.15, 0.2) is 66.7 Å². The molecule has 0 heterocycles. The monoisotopic (exact) mass is 347 g/mol. The number of Topliss-reactive ketones (excluding diaryl/α,β-unsaturated/α-hetero) is 1. The van der Waals surface area contributed by atoms with Crippen molar-refractivity contribution in [2.75, 3.05) is 11.9 Å². The van der Waals surface area contributed by atoms with Crippen molar-refractivity contribution in [3.63, 3.8) is 0 Å². The van der Waals surface area contributed by atoms with Gasteiger partial charge in [0.15, 0.2) is 12.3 Å². The zero-order valence-electron chi connectivity index (χ0n) is 15.0. The van der Waals surface area contributed by atoms with Gasteiger partial charge in [-0.15, -0.1) is 0 Å². The second kappa shape index (κ2) is 7.93. The van der Waals surface area contributed by atoms with Gasteiger partial charge in [-0.3, -0.25) is 9.59 Å². The molecule has 0 aliphatic heterocycles. The summed E-state index contributed by atoms with van der Waals surface area (Å²) in [6.07, 6.45) is 0. The lowest BCUT2D eigenvalue weighted by atomic mass is 10.00. The third kappa shape index (κ3) is 4.16. The molecule has 3 rings (SSSR count). The lowest BCUT2D eigenvalue weighted by Crippen LogP contribution is -2.86. The highest BCUT2D eigenvalue weighted by molar-refractivity contribution is 5.95. The van der Waals surface area contributed by atoms with Crippen LogP contribution in [0.1, 0.15) is 35.8 Å². The maximum absolute atomic E-state index is 12.2. The first kappa shape index (κ1) is 17.8. The van der Waals surface area contributed by atoms with E-state index in [-0.39, 0.29) is 17.7 Å². The lowest BCUT2D eigenvalue weighted by Gasteiger charge is -2.14. The minimum Gasteiger partial charge on any atom is -0.332 e. The molecule has 4 heteroatoms. The number of anilines is 1. The van der Waals surface area contributed by atoms with Crippen LogP contribution in [0.5, 0.6) is 0 Å². The first-order valence-electron chi connectivity index (χ1n) is 8.76. The minimum absolute atomic E-state index is 0.0140. The largest absolute Gasteiger partial charge is 0.332 e. The Bertz CT molecular complexity index is 927. The van der Waals surface area contributed by atoms with Gasteiger partial charge in [0.25, 0.3) is 5.91 Å². The van der Waals surface area contributed by atoms with Crippen LogP contribution in [-0.2, 0) is 4.79 Å². The summed E-state index contributed by atoms with van der Waals surface area (Å²) in [6, 6.07) is 21.7. The predicted octanol–water partition coefficient (Wildman–Crippen LogP) is 3.31. The smallest absolute Gasteiger partial charge is 0.279 e. The minimum atomic E-state index is -0.0624. The number of hydrogen-bond acceptors (Lipinski definition) is 2. The highest BCUT2D eigenvalue weighted by Gasteiger charge is 2.14. The summed E-state index contributed by atoms with van der Waals surface area (Å²) in [6.45, 7) is 3.97. The molecule has 3 aromatic carbocycles. The molecule has 0 saturated carbocycles. The molecule has 1 atom stereocenters. The van der Waals surface area contributed by atoms with Gasteiger partial charge in [0.2, 0.25) is 0 Å². The summed E-state index contributed by atoms with van der Waals surface area (Å²) in [5, 5.41) is 7.33. The molecule has 0 unspecified atom stereocenters. The van der Waals surface area contributed by atoms with Gasteiger partial charge in [-0.2, -0.15) is 0 Å². The van der Waals surface area contributed by atoms with E-state index in [4.69, 9.17) is 0 Å². The van der Waals surface area contributed by atoms with Gasteiger partial charge < -0.3 is 10.6 Å². The van der Waals surface area contributed by atoms with Crippen LogP contribution in [0, 0.1) is 0 Å². The molecule has 0 aliphatic rings. The van der Waals surface area contributed by atoms with Crippen molar-refractivity contribution in [3.05, 3.63) is 77.9 Å². The zero-order chi connectivity index (χ0) is 18.5. The Hall–Kier alpha value is -2.98. The average Bonchev–Trinajstić information content (AvgIpc) is 2.66. The third-order valence-corrected chi connectivity index (χ3v) is 4.55. The van der Waals surface area contributed by atoms with Crippen LogP contribution in [0.4, 0.5) is 5.69 Å². The molecule has 132 valence electrons. The van der Waals surface area contributed by atoms with Crippen LogP contribution < -0.4 is 10.6 Å². The van der Waals surface area contributed by atoms with Crippen molar-refractivity contribution in [1.29, 1.82) is 0 Å². The Morgan fingerprint density at radius 3 is 2.38 bits per heavy atom. The fraction of sp³-hybridized carbons (Fsp3) is 0.182. The summed E-state index contributed by atoms with van der Waals surface area (Å²) >= 11 is 0. The van der Waals surface area contributed by atoms with Crippen molar-refractivity contribution in [1.82, 2.24) is 0 Å². The molecule has 4 nitrogen and oxygen atoms in total. The van der Waals surface area contributed by atoms with Crippen LogP contribution in [0.25, 0.3) is 10.8 Å². The number of rotatable bonds is 6. The Morgan fingerprint density at radius 1 is 0.962 bits per heavy atom. The Balaban J connectivity index is 1.61. The van der Waals surface area contributed by atoms with Gasteiger partial charge in [-0.25, -0.2) is 0 Å². The lowest BCUT2D eigenvalue weighted by molar-refractivity contribution is -0.682. The molecule has 3 N–H and O–H groups in total. The second-order valence-corrected chi connectivity index (χ2v) is 6.48. The number of fused-ring (bicyclic) bond motifs is 1. The van der Waals surface area contributed by atoms with Gasteiger partial charge in [-0.05, 0) is 48.9 Å². The number of benzene rings is 3. The van der Waals surface area contributed by atoms with Crippen LogP contribution >= 0.6 is 0 Å². The molecular formula is C22H23N2O2+. The molecule has 0 spiro atoms. The molecule has 0 fully saturated rings. The van der Waals surface area contributed by atoms with E-state index in [2.05, 4.69) is 42.6 Å². The van der Waals surface area contributed by atoms with Gasteiger partial charge in [-0.1, -0.05) is 42.5 Å². The number of nitrogens with two attached hydrogens (primary N) is 1. The second-order valence-electron chi connectivity index (χ2n) is 6.48. The summed E-state index contributed by atoms with van der Waals surface area (Å²) in [7, 11) is 0. The number of nitrogens with one attached hydrogen (secondary N) is 1. The Morgan fingerprint density at radius 2 is 1.65 bits per heavy atom. The molecule has 1 amide bonds. The Kier molecular flexibility index (Phi) is 5.44. The zero-order valence-corrected chi connectivity index (χ0v) is 15.0. The summed E-state index contributed by atoms with van der Waals surface area (Å²) in [5.41, 5.74) is 2.56. The van der Waals surface area contributed by atoms with Gasteiger partial charge in [0.1, 0.15) is 6.04 Å². The fourth-order valence-electron chi connectivity index (χ4n) is 3.06. The predicted molar refractivity (Wildman–Crippen MR) is 104 cm³/mol. The van der Waals surface area contributed by atoms with E-state index in [1.165, 1.54) is 23.3 Å². The van der Waals surface area contributed by atoms with E-state index < -0.39 is 0 Å². The van der Waals surface area contributed by atoms with Crippen molar-refractivity contribution >= 4 is 28.2 Å². The van der Waals surface area contributed by atoms with Crippen LogP contribution in [0.2, 0.25) is 0 Å². The SMILES string of the molecule is CC(=O)c1ccc(NC(=O)C[NH2+][C@H](C)c2cccc3ccccc23)cc1. The number of ketones is 1. The standard InChI is InChI=1S/C22H22N2O2/c1-15(20-9-5-7-18-6-3-4-8-21(18)20)23-14-22(26)24-19-12-10-17(11-13-19)16(2)25/h3-13,15,23H,14H2,1-2H3,(H,24,26)/p+1/t15-/m1/s1. The van der Waals surface area contributed by atoms with Gasteiger partial charge >= 0.3 is 0 Å². The number of amides is 1. The van der Waals surface area contributed by atoms with E-state index in [0.717, 1.165) is 0 Å². The van der Waals surface area contributed by atoms with Crippen molar-refractivity contribution in [2.45, 2.75) is 19.9 Å². The number of hydrogen-bond donors (Lipinski definition) is 2. The topological polar surface area (TPSA) is 62.8 Å². The van der Waals surface area contributed by atoms with Crippen LogP contribution in [-0.4, -0.2) is 18.2 Å². The van der Waals surface area contributed by atoms with E-state index in [0.29, 0.717) is 17.8 Å². The molecule has 0 saturated heterocycles. The quantitative estimate of drug-likeness (QED) is 0.672. The molecule has 26 heavy (non-hydrogen) atoms. The normalized spacial score (nSPS) is 11.9. The highest BCUT2D eigenvalue weighted by Crippen LogP contribution is 2.22. The average molecular weight is 347 g/mol. The van der Waals surface area contributed by atoms with E-state index in [1.807, 2.05) is 17.4 Å². The molecule has 0 bridgehead atoms. The van der Waals surface area contributed by atoms with Gasteiger partial charge in [0.05, 0.1) is 0 Å². The molecule has 0 aliphatic carbocycles. The highest BCUT2D eigenvalue weighted by atomic mass is 16.2. The molecule has 0 radical (unpaired) electrons. The van der Waals surface area contributed by atoms with E-state index in [1.54, 1.807) is 24.3 Å². The fourth-order valence-corrected chi connectivity index (χ4v) is 3.06. The summed E-state index contributed by atoms with van der Waals surface area (Å²) < 4.78 is 0. The summed E-state index contributed by atoms with van der Waals surface area (Å²) in [4.78, 5) is 23.5. The van der Waals surface area contributed by atoms with Crippen molar-refractivity contribution < 1.29 is 14.9 Å². The molecular weight excluding hydrogens is 324 g/mol. The maximum atomic E-state index is 12.2. The third-order valence-electron chi connectivity index (χ3n) is 4.55. The first-order chi connectivity index (χ1) is 12.5. The molecule has 0 aromatic heterocycles. The van der Waals surface area contributed by atoms with Crippen LogP contribution in [0.3, 0.4) is 0 Å². The maximum Gasteiger partial charge on any atom is 0.279 e. The number of quaternary nitrogens is 1. The molecule has 3 aromatic rings. The van der Waals surface area contributed by atoms with E-state index >= 15 is 0 Å². The van der Waals surface area contributed by atoms with Gasteiger partial charge in [0, 0.05) is 16.8 Å².